The van der Waals surface area contributed by atoms with Crippen LogP contribution in [0.4, 0.5) is 0 Å². The Hall–Kier alpha value is -2.94. The number of carbonyl (C=O) groups is 4. The second-order valence-electron chi connectivity index (χ2n) is 9.84. The number of rotatable bonds is 14. The number of nitrogens with two attached hydrogens (primary N) is 2. The molecule has 1 aromatic carbocycles. The minimum Gasteiger partial charge on any atom is -0.368 e. The molecule has 1 aromatic rings. The van der Waals surface area contributed by atoms with Gasteiger partial charge in [-0.15, -0.1) is 0 Å². The zero-order valence-electron chi connectivity index (χ0n) is 22.3. The lowest BCUT2D eigenvalue weighted by Crippen LogP contribution is -2.53. The van der Waals surface area contributed by atoms with Gasteiger partial charge >= 0.3 is 0 Å². The summed E-state index contributed by atoms with van der Waals surface area (Å²) in [5.74, 6) is -1.59. The van der Waals surface area contributed by atoms with Crippen LogP contribution in [0, 0.1) is 5.92 Å². The van der Waals surface area contributed by atoms with Gasteiger partial charge in [-0.05, 0) is 56.6 Å². The fraction of sp³-hybridized carbons (Fsp3) is 0.630. The molecule has 36 heavy (non-hydrogen) atoms. The highest BCUT2D eigenvalue weighted by Gasteiger charge is 2.51. The quantitative estimate of drug-likeness (QED) is 0.245. The number of hydrogen-bond donors (Lipinski definition) is 5. The molecule has 9 heteroatoms. The minimum absolute atomic E-state index is 0.166. The molecule has 0 spiro atoms. The number of hydrogen-bond acceptors (Lipinski definition) is 5. The highest BCUT2D eigenvalue weighted by molar-refractivity contribution is 5.96. The number of unbranched alkanes of at least 4 members (excludes halogenated alkanes) is 1. The summed E-state index contributed by atoms with van der Waals surface area (Å²) in [5.41, 5.74) is 11.3. The third-order valence-electron chi connectivity index (χ3n) is 5.89. The zero-order valence-corrected chi connectivity index (χ0v) is 22.3. The smallest absolute Gasteiger partial charge is 0.243 e. The van der Waals surface area contributed by atoms with Gasteiger partial charge in [-0.3, -0.25) is 19.2 Å². The van der Waals surface area contributed by atoms with Crippen LogP contribution in [0.1, 0.15) is 78.2 Å². The first-order valence-electron chi connectivity index (χ1n) is 13.0. The fourth-order valence-corrected chi connectivity index (χ4v) is 3.84. The normalized spacial score (nSPS) is 15.1. The first kappa shape index (κ1) is 31.1. The molecule has 1 saturated carbocycles. The maximum Gasteiger partial charge on any atom is 0.243 e. The predicted molar refractivity (Wildman–Crippen MR) is 142 cm³/mol. The van der Waals surface area contributed by atoms with E-state index in [1.165, 1.54) is 6.42 Å². The summed E-state index contributed by atoms with van der Waals surface area (Å²) < 4.78 is 0. The van der Waals surface area contributed by atoms with Crippen molar-refractivity contribution in [1.29, 1.82) is 0 Å². The third-order valence-corrected chi connectivity index (χ3v) is 5.89. The molecule has 0 radical (unpaired) electrons. The van der Waals surface area contributed by atoms with Gasteiger partial charge in [0, 0.05) is 0 Å². The summed E-state index contributed by atoms with van der Waals surface area (Å²) in [6, 6.07) is 7.96. The fourth-order valence-electron chi connectivity index (χ4n) is 3.84. The zero-order chi connectivity index (χ0) is 27.1. The highest BCUT2D eigenvalue weighted by Crippen LogP contribution is 2.48. The predicted octanol–water partition coefficient (Wildman–Crippen LogP) is 1.88. The van der Waals surface area contributed by atoms with Crippen molar-refractivity contribution in [1.82, 2.24) is 16.0 Å². The molecule has 9 nitrogen and oxygen atoms in total. The number of primary amides is 1. The largest absolute Gasteiger partial charge is 0.368 e. The standard InChI is InChI=1S/C24H37N5O4.C3H8/c1-16(2)14-19(21(26)31)28-20(30)15-27-22(32)18(10-6-7-13-25)29-23(33)24(11-12-24)17-8-4-3-5-9-17;1-3-2/h3-5,8-9,16,18-19H,6-7,10-15,25H2,1-2H3,(H2,26,31)(H,27,32)(H,28,30)(H,29,33);3H2,1-2H3/t18-,19-;/m0./s1. The second kappa shape index (κ2) is 15.9. The van der Waals surface area contributed by atoms with Gasteiger partial charge in [0.15, 0.2) is 0 Å². The minimum atomic E-state index is -0.796. The Morgan fingerprint density at radius 3 is 2.08 bits per heavy atom. The Morgan fingerprint density at radius 1 is 0.972 bits per heavy atom. The van der Waals surface area contributed by atoms with Gasteiger partial charge in [-0.1, -0.05) is 64.4 Å². The van der Waals surface area contributed by atoms with Crippen LogP contribution in [0.15, 0.2) is 30.3 Å². The Balaban J connectivity index is 0.00000205. The first-order valence-corrected chi connectivity index (χ1v) is 13.0. The lowest BCUT2D eigenvalue weighted by molar-refractivity contribution is -0.132. The molecule has 1 aliphatic carbocycles. The average molecular weight is 504 g/mol. The van der Waals surface area contributed by atoms with Gasteiger partial charge in [0.25, 0.3) is 0 Å². The molecule has 0 saturated heterocycles. The van der Waals surface area contributed by atoms with Crippen molar-refractivity contribution in [2.75, 3.05) is 13.1 Å². The van der Waals surface area contributed by atoms with E-state index in [2.05, 4.69) is 29.8 Å². The molecule has 0 unspecified atom stereocenters. The van der Waals surface area contributed by atoms with E-state index in [1.54, 1.807) is 0 Å². The summed E-state index contributed by atoms with van der Waals surface area (Å²) in [6.07, 6.45) is 4.92. The first-order chi connectivity index (χ1) is 17.1. The molecule has 7 N–H and O–H groups in total. The van der Waals surface area contributed by atoms with Crippen LogP contribution in [0.3, 0.4) is 0 Å². The number of benzene rings is 1. The van der Waals surface area contributed by atoms with Crippen molar-refractivity contribution in [3.8, 4) is 0 Å². The molecule has 1 aliphatic rings. The number of nitrogens with one attached hydrogen (secondary N) is 3. The van der Waals surface area contributed by atoms with Gasteiger partial charge in [-0.2, -0.15) is 0 Å². The van der Waals surface area contributed by atoms with E-state index in [0.29, 0.717) is 25.8 Å². The molecule has 1 fully saturated rings. The number of carbonyl (C=O) groups excluding carboxylic acids is 4. The second-order valence-corrected chi connectivity index (χ2v) is 9.84. The highest BCUT2D eigenvalue weighted by atomic mass is 16.2. The molecular formula is C27H45N5O4. The van der Waals surface area contributed by atoms with Crippen molar-refractivity contribution in [3.63, 3.8) is 0 Å². The lowest BCUT2D eigenvalue weighted by Gasteiger charge is -2.23. The van der Waals surface area contributed by atoms with Crippen molar-refractivity contribution in [2.45, 2.75) is 90.1 Å². The molecule has 0 aromatic heterocycles. The molecule has 0 aliphatic heterocycles. The topological polar surface area (TPSA) is 156 Å². The van der Waals surface area contributed by atoms with Crippen LogP contribution < -0.4 is 27.4 Å². The van der Waals surface area contributed by atoms with E-state index < -0.39 is 35.2 Å². The lowest BCUT2D eigenvalue weighted by atomic mass is 9.94. The van der Waals surface area contributed by atoms with Crippen LogP contribution in [-0.2, 0) is 24.6 Å². The Labute approximate surface area is 215 Å². The molecular weight excluding hydrogens is 458 g/mol. The third kappa shape index (κ3) is 10.4. The van der Waals surface area contributed by atoms with Crippen LogP contribution in [0.5, 0.6) is 0 Å². The van der Waals surface area contributed by atoms with Gasteiger partial charge in [0.2, 0.25) is 23.6 Å². The van der Waals surface area contributed by atoms with E-state index in [-0.39, 0.29) is 18.4 Å². The number of amides is 4. The van der Waals surface area contributed by atoms with Crippen molar-refractivity contribution < 1.29 is 19.2 Å². The van der Waals surface area contributed by atoms with Gasteiger partial charge < -0.3 is 27.4 Å². The maximum absolute atomic E-state index is 13.1. The molecule has 2 atom stereocenters. The van der Waals surface area contributed by atoms with Crippen molar-refractivity contribution in [3.05, 3.63) is 35.9 Å². The molecule has 2 rings (SSSR count). The van der Waals surface area contributed by atoms with Gasteiger partial charge in [0.1, 0.15) is 12.1 Å². The Bertz CT molecular complexity index is 840. The summed E-state index contributed by atoms with van der Waals surface area (Å²) in [7, 11) is 0. The molecule has 0 heterocycles. The van der Waals surface area contributed by atoms with E-state index in [4.69, 9.17) is 11.5 Å². The van der Waals surface area contributed by atoms with E-state index in [9.17, 15) is 19.2 Å². The van der Waals surface area contributed by atoms with Gasteiger partial charge in [-0.25, -0.2) is 0 Å². The molecule has 0 bridgehead atoms. The van der Waals surface area contributed by atoms with Crippen molar-refractivity contribution >= 4 is 23.6 Å². The molecule has 202 valence electrons. The monoisotopic (exact) mass is 503 g/mol. The van der Waals surface area contributed by atoms with Crippen LogP contribution in [0.25, 0.3) is 0 Å². The maximum atomic E-state index is 13.1. The van der Waals surface area contributed by atoms with Crippen molar-refractivity contribution in [2.24, 2.45) is 17.4 Å². The van der Waals surface area contributed by atoms with E-state index >= 15 is 0 Å². The van der Waals surface area contributed by atoms with E-state index in [0.717, 1.165) is 24.8 Å². The SMILES string of the molecule is CC(C)C[C@H](NC(=O)CNC(=O)[C@H](CCCCN)NC(=O)C1(c2ccccc2)CC1)C(N)=O.CCC. The van der Waals surface area contributed by atoms with Crippen LogP contribution in [0.2, 0.25) is 0 Å². The van der Waals surface area contributed by atoms with Crippen LogP contribution in [-0.4, -0.2) is 48.8 Å². The Morgan fingerprint density at radius 2 is 1.58 bits per heavy atom. The summed E-state index contributed by atoms with van der Waals surface area (Å²) >= 11 is 0. The Kier molecular flexibility index (Phi) is 13.8. The van der Waals surface area contributed by atoms with Gasteiger partial charge in [0.05, 0.1) is 12.0 Å². The van der Waals surface area contributed by atoms with E-state index in [1.807, 2.05) is 44.2 Å². The summed E-state index contributed by atoms with van der Waals surface area (Å²) in [6.45, 7) is 8.26. The summed E-state index contributed by atoms with van der Waals surface area (Å²) in [5, 5.41) is 8.02. The molecule has 4 amide bonds. The average Bonchev–Trinajstić information content (AvgIpc) is 3.64. The van der Waals surface area contributed by atoms with Crippen LogP contribution >= 0.6 is 0 Å². The summed E-state index contributed by atoms with van der Waals surface area (Å²) in [4.78, 5) is 49.7.